The lowest BCUT2D eigenvalue weighted by atomic mass is 9.93. The first-order valence-corrected chi connectivity index (χ1v) is 7.76. The van der Waals surface area contributed by atoms with Crippen LogP contribution in [0.1, 0.15) is 19.8 Å². The minimum absolute atomic E-state index is 0.00889. The van der Waals surface area contributed by atoms with E-state index < -0.39 is 10.0 Å². The van der Waals surface area contributed by atoms with Gasteiger partial charge in [0.05, 0.1) is 17.4 Å². The molecule has 0 aromatic rings. The Labute approximate surface area is 97.9 Å². The van der Waals surface area contributed by atoms with E-state index in [0.717, 1.165) is 12.8 Å². The van der Waals surface area contributed by atoms with Gasteiger partial charge in [-0.3, -0.25) is 0 Å². The van der Waals surface area contributed by atoms with Crippen molar-refractivity contribution in [1.82, 2.24) is 4.72 Å². The third-order valence-corrected chi connectivity index (χ3v) is 6.07. The highest BCUT2D eigenvalue weighted by Crippen LogP contribution is 2.52. The van der Waals surface area contributed by atoms with Crippen LogP contribution in [0.5, 0.6) is 0 Å². The summed E-state index contributed by atoms with van der Waals surface area (Å²) in [7, 11) is -3.05. The molecule has 0 amide bonds. The molecule has 4 nitrogen and oxygen atoms in total. The van der Waals surface area contributed by atoms with Crippen LogP contribution in [-0.2, 0) is 14.8 Å². The quantitative estimate of drug-likeness (QED) is 0.768. The fraction of sp³-hybridized carbons (Fsp3) is 1.00. The summed E-state index contributed by atoms with van der Waals surface area (Å²) in [5.74, 6) is 0.714. The van der Waals surface area contributed by atoms with Gasteiger partial charge in [-0.05, 0) is 31.6 Å². The van der Waals surface area contributed by atoms with E-state index in [1.165, 1.54) is 0 Å². The number of sulfonamides is 1. The molecule has 2 saturated carbocycles. The smallest absolute Gasteiger partial charge is 0.215 e. The lowest BCUT2D eigenvalue weighted by Gasteiger charge is -2.27. The minimum atomic E-state index is -3.05. The molecule has 0 radical (unpaired) electrons. The molecule has 86 valence electrons. The van der Waals surface area contributed by atoms with E-state index in [9.17, 15) is 8.42 Å². The third-order valence-electron chi connectivity index (χ3n) is 3.91. The molecule has 2 bridgehead atoms. The van der Waals surface area contributed by atoms with Crippen molar-refractivity contribution in [3.63, 3.8) is 0 Å². The van der Waals surface area contributed by atoms with Gasteiger partial charge in [-0.25, -0.2) is 13.1 Å². The molecule has 6 heteroatoms. The van der Waals surface area contributed by atoms with Gasteiger partial charge in [0, 0.05) is 0 Å². The summed E-state index contributed by atoms with van der Waals surface area (Å²) in [6, 6.07) is 0.0266. The molecule has 0 aromatic carbocycles. The highest BCUT2D eigenvalue weighted by atomic mass is 79.9. The van der Waals surface area contributed by atoms with Crippen LogP contribution in [-0.4, -0.2) is 30.8 Å². The second-order valence-electron chi connectivity index (χ2n) is 4.77. The van der Waals surface area contributed by atoms with Crippen molar-refractivity contribution in [2.75, 3.05) is 0 Å². The van der Waals surface area contributed by atoms with Gasteiger partial charge in [0.1, 0.15) is 5.01 Å². The molecule has 6 unspecified atom stereocenters. The lowest BCUT2D eigenvalue weighted by Crippen LogP contribution is -2.41. The van der Waals surface area contributed by atoms with Crippen molar-refractivity contribution in [2.24, 2.45) is 11.8 Å². The summed E-state index contributed by atoms with van der Waals surface area (Å²) in [6.07, 6.45) is 1.85. The highest BCUT2D eigenvalue weighted by molar-refractivity contribution is 9.09. The zero-order chi connectivity index (χ0) is 10.8. The molecular weight excluding hydrogens is 282 g/mol. The van der Waals surface area contributed by atoms with Crippen LogP contribution in [0, 0.1) is 11.8 Å². The van der Waals surface area contributed by atoms with Gasteiger partial charge in [0.25, 0.3) is 0 Å². The van der Waals surface area contributed by atoms with Crippen LogP contribution >= 0.6 is 15.9 Å². The first-order valence-electron chi connectivity index (χ1n) is 5.30. The fourth-order valence-corrected chi connectivity index (χ4v) is 5.81. The van der Waals surface area contributed by atoms with Gasteiger partial charge in [0.15, 0.2) is 0 Å². The average Bonchev–Trinajstić information content (AvgIpc) is 2.67. The van der Waals surface area contributed by atoms with Crippen molar-refractivity contribution in [1.29, 1.82) is 0 Å². The Morgan fingerprint density at radius 2 is 2.20 bits per heavy atom. The summed E-state index contributed by atoms with van der Waals surface area (Å²) in [6.45, 7) is 1.92. The average molecular weight is 296 g/mol. The van der Waals surface area contributed by atoms with Gasteiger partial charge in [0.2, 0.25) is 10.0 Å². The van der Waals surface area contributed by atoms with Crippen molar-refractivity contribution < 1.29 is 13.2 Å². The van der Waals surface area contributed by atoms with Gasteiger partial charge < -0.3 is 4.74 Å². The van der Waals surface area contributed by atoms with Gasteiger partial charge >= 0.3 is 0 Å². The number of hydrogen-bond acceptors (Lipinski definition) is 3. The van der Waals surface area contributed by atoms with Crippen molar-refractivity contribution in [2.45, 2.75) is 42.2 Å². The zero-order valence-electron chi connectivity index (χ0n) is 8.39. The monoisotopic (exact) mass is 295 g/mol. The zero-order valence-corrected chi connectivity index (χ0v) is 10.8. The number of rotatable bonds is 2. The second kappa shape index (κ2) is 3.18. The number of halogens is 1. The Hall–Kier alpha value is 0.350. The number of hydrogen-bond donors (Lipinski definition) is 1. The third kappa shape index (κ3) is 1.41. The molecule has 1 saturated heterocycles. The fourth-order valence-electron chi connectivity index (χ4n) is 3.45. The maximum Gasteiger partial charge on any atom is 0.215 e. The predicted molar refractivity (Wildman–Crippen MR) is 59.1 cm³/mol. The molecule has 15 heavy (non-hydrogen) atoms. The minimum Gasteiger partial charge on any atom is -0.362 e. The first kappa shape index (κ1) is 10.5. The van der Waals surface area contributed by atoms with Crippen LogP contribution in [0.3, 0.4) is 0 Å². The normalized spacial score (nSPS) is 52.3. The summed E-state index contributed by atoms with van der Waals surface area (Å²) < 4.78 is 32.0. The SMILES string of the molecule is CC(Br)OC1C2CC3C1NS(=O)(=O)C3C2. The van der Waals surface area contributed by atoms with Gasteiger partial charge in [-0.1, -0.05) is 15.9 Å². The Balaban J connectivity index is 1.88. The van der Waals surface area contributed by atoms with Crippen molar-refractivity contribution in [3.05, 3.63) is 0 Å². The maximum absolute atomic E-state index is 11.7. The Morgan fingerprint density at radius 1 is 1.47 bits per heavy atom. The largest absolute Gasteiger partial charge is 0.362 e. The lowest BCUT2D eigenvalue weighted by molar-refractivity contribution is 0.000678. The summed E-state index contributed by atoms with van der Waals surface area (Å²) in [4.78, 5) is 0. The predicted octanol–water partition coefficient (Wildman–Crippen LogP) is 0.823. The highest BCUT2D eigenvalue weighted by Gasteiger charge is 2.63. The maximum atomic E-state index is 11.7. The van der Waals surface area contributed by atoms with E-state index in [-0.39, 0.29) is 28.3 Å². The van der Waals surface area contributed by atoms with E-state index in [2.05, 4.69) is 20.7 Å². The summed E-state index contributed by atoms with van der Waals surface area (Å²) in [5, 5.41) is -0.150. The molecular formula is C9H14BrNO3S. The van der Waals surface area contributed by atoms with E-state index >= 15 is 0 Å². The van der Waals surface area contributed by atoms with Crippen LogP contribution in [0.4, 0.5) is 0 Å². The second-order valence-corrected chi connectivity index (χ2v) is 7.99. The molecule has 3 rings (SSSR count). The van der Waals surface area contributed by atoms with Crippen LogP contribution < -0.4 is 4.72 Å². The number of ether oxygens (including phenoxy) is 1. The molecule has 6 atom stereocenters. The van der Waals surface area contributed by atoms with Gasteiger partial charge in [-0.2, -0.15) is 0 Å². The van der Waals surface area contributed by atoms with E-state index in [4.69, 9.17) is 4.74 Å². The first-order chi connectivity index (χ1) is 6.99. The number of fused-ring (bicyclic) bond motifs is 1. The molecule has 1 heterocycles. The molecule has 1 aliphatic heterocycles. The molecule has 1 N–H and O–H groups in total. The Bertz CT molecular complexity index is 383. The van der Waals surface area contributed by atoms with Crippen LogP contribution in [0.2, 0.25) is 0 Å². The summed E-state index contributed by atoms with van der Waals surface area (Å²) in [5.41, 5.74) is 0. The number of nitrogens with one attached hydrogen (secondary N) is 1. The van der Waals surface area contributed by atoms with E-state index in [0.29, 0.717) is 5.92 Å². The number of alkyl halides is 1. The van der Waals surface area contributed by atoms with Crippen LogP contribution in [0.25, 0.3) is 0 Å². The Kier molecular flexibility index (Phi) is 2.23. The molecule has 3 fully saturated rings. The molecule has 0 aromatic heterocycles. The summed E-state index contributed by atoms with van der Waals surface area (Å²) >= 11 is 3.36. The van der Waals surface area contributed by atoms with E-state index in [1.807, 2.05) is 6.92 Å². The van der Waals surface area contributed by atoms with E-state index in [1.54, 1.807) is 0 Å². The molecule has 0 spiro atoms. The standard InChI is InChI=1S/C9H14BrNO3S/c1-4(10)14-9-5-2-6-7(3-5)15(12,13)11-8(6)9/h4-9,11H,2-3H2,1H3. The van der Waals surface area contributed by atoms with Gasteiger partial charge in [-0.15, -0.1) is 0 Å². The Morgan fingerprint density at radius 3 is 2.87 bits per heavy atom. The van der Waals surface area contributed by atoms with Crippen molar-refractivity contribution >= 4 is 26.0 Å². The molecule has 2 aliphatic carbocycles. The topological polar surface area (TPSA) is 55.4 Å². The van der Waals surface area contributed by atoms with Crippen LogP contribution in [0.15, 0.2) is 0 Å². The van der Waals surface area contributed by atoms with Crippen molar-refractivity contribution in [3.8, 4) is 0 Å². The molecule has 3 aliphatic rings.